The van der Waals surface area contributed by atoms with Crippen molar-refractivity contribution in [1.82, 2.24) is 4.98 Å². The molecule has 0 amide bonds. The summed E-state index contributed by atoms with van der Waals surface area (Å²) >= 11 is 1.78. The number of fused-ring (bicyclic) bond motifs is 6. The summed E-state index contributed by atoms with van der Waals surface area (Å²) in [4.78, 5) is 8.82. The molecule has 1 aliphatic carbocycles. The van der Waals surface area contributed by atoms with Crippen molar-refractivity contribution < 1.29 is 4.42 Å². The van der Waals surface area contributed by atoms with Gasteiger partial charge in [-0.3, -0.25) is 0 Å². The molecule has 2 aromatic heterocycles. The molecule has 7 aromatic carbocycles. The second kappa shape index (κ2) is 10.3. The number of benzene rings is 7. The molecule has 0 unspecified atom stereocenters. The lowest BCUT2D eigenvalue weighted by molar-refractivity contribution is 0.669. The second-order valence-corrected chi connectivity index (χ2v) is 13.0. The van der Waals surface area contributed by atoms with Gasteiger partial charge in [0.25, 0.3) is 0 Å². The van der Waals surface area contributed by atoms with E-state index in [0.717, 1.165) is 55.3 Å². The van der Waals surface area contributed by atoms with Crippen LogP contribution in [0.1, 0.15) is 0 Å². The molecule has 0 spiro atoms. The lowest BCUT2D eigenvalue weighted by atomic mass is 10.0. The van der Waals surface area contributed by atoms with Crippen LogP contribution in [0.2, 0.25) is 0 Å². The van der Waals surface area contributed by atoms with Crippen LogP contribution < -0.4 is 4.90 Å². The molecular formula is C43H26N2OS. The van der Waals surface area contributed by atoms with E-state index in [0.29, 0.717) is 0 Å². The first-order valence-corrected chi connectivity index (χ1v) is 16.6. The normalized spacial score (nSPS) is 11.8. The van der Waals surface area contributed by atoms with Crippen molar-refractivity contribution in [2.75, 3.05) is 4.90 Å². The smallest absolute Gasteiger partial charge is 0.137 e. The monoisotopic (exact) mass is 618 g/mol. The molecule has 10 rings (SSSR count). The van der Waals surface area contributed by atoms with Gasteiger partial charge in [0.2, 0.25) is 0 Å². The van der Waals surface area contributed by atoms with E-state index in [1.807, 2.05) is 12.1 Å². The van der Waals surface area contributed by atoms with Gasteiger partial charge in [-0.05, 0) is 64.4 Å². The van der Waals surface area contributed by atoms with E-state index < -0.39 is 0 Å². The van der Waals surface area contributed by atoms with Crippen molar-refractivity contribution in [2.45, 2.75) is 0 Å². The Morgan fingerprint density at radius 3 is 2.11 bits per heavy atom. The molecule has 47 heavy (non-hydrogen) atoms. The molecule has 0 fully saturated rings. The van der Waals surface area contributed by atoms with Gasteiger partial charge in [0, 0.05) is 33.5 Å². The zero-order valence-corrected chi connectivity index (χ0v) is 26.0. The number of para-hydroxylation sites is 1. The van der Waals surface area contributed by atoms with Crippen molar-refractivity contribution >= 4 is 61.1 Å². The summed E-state index contributed by atoms with van der Waals surface area (Å²) in [5.41, 5.74) is 12.0. The van der Waals surface area contributed by atoms with Crippen molar-refractivity contribution in [3.05, 3.63) is 158 Å². The Balaban J connectivity index is 1.24. The fourth-order valence-corrected chi connectivity index (χ4v) is 8.24. The predicted octanol–water partition coefficient (Wildman–Crippen LogP) is 12.6. The Bertz CT molecular complexity index is 2640. The van der Waals surface area contributed by atoms with Gasteiger partial charge < -0.3 is 9.32 Å². The highest BCUT2D eigenvalue weighted by Gasteiger charge is 2.29. The Morgan fingerprint density at radius 2 is 1.23 bits per heavy atom. The molecule has 3 nitrogen and oxygen atoms in total. The van der Waals surface area contributed by atoms with Gasteiger partial charge in [-0.15, -0.1) is 11.3 Å². The molecule has 9 aromatic rings. The van der Waals surface area contributed by atoms with Gasteiger partial charge in [0.15, 0.2) is 0 Å². The van der Waals surface area contributed by atoms with E-state index >= 15 is 0 Å². The van der Waals surface area contributed by atoms with Gasteiger partial charge in [-0.2, -0.15) is 0 Å². The molecule has 0 atom stereocenters. The number of furan rings is 1. The summed E-state index contributed by atoms with van der Waals surface area (Å²) in [6.07, 6.45) is 0. The first-order chi connectivity index (χ1) is 23.3. The second-order valence-electron chi connectivity index (χ2n) is 12.0. The third-order valence-corrected chi connectivity index (χ3v) is 10.3. The van der Waals surface area contributed by atoms with E-state index in [4.69, 9.17) is 9.40 Å². The number of aromatic nitrogens is 1. The van der Waals surface area contributed by atoms with Crippen LogP contribution in [-0.2, 0) is 0 Å². The summed E-state index contributed by atoms with van der Waals surface area (Å²) in [6, 6.07) is 55.9. The van der Waals surface area contributed by atoms with Crippen molar-refractivity contribution in [3.8, 4) is 43.4 Å². The molecule has 1 aliphatic rings. The van der Waals surface area contributed by atoms with Crippen molar-refractivity contribution in [2.24, 2.45) is 0 Å². The molecule has 220 valence electrons. The lowest BCUT2D eigenvalue weighted by Crippen LogP contribution is -2.10. The van der Waals surface area contributed by atoms with E-state index in [-0.39, 0.29) is 0 Å². The van der Waals surface area contributed by atoms with E-state index in [1.165, 1.54) is 37.9 Å². The summed E-state index contributed by atoms with van der Waals surface area (Å²) in [7, 11) is 0. The third-order valence-electron chi connectivity index (χ3n) is 9.20. The molecule has 0 N–H and O–H groups in total. The largest absolute Gasteiger partial charge is 0.456 e. The van der Waals surface area contributed by atoms with E-state index in [2.05, 4.69) is 150 Å². The topological polar surface area (TPSA) is 29.3 Å². The average molecular weight is 619 g/mol. The maximum absolute atomic E-state index is 6.39. The van der Waals surface area contributed by atoms with Crippen LogP contribution in [0.5, 0.6) is 0 Å². The van der Waals surface area contributed by atoms with Gasteiger partial charge in [0.05, 0.1) is 21.6 Å². The maximum Gasteiger partial charge on any atom is 0.137 e. The fourth-order valence-electron chi connectivity index (χ4n) is 7.13. The third kappa shape index (κ3) is 4.09. The van der Waals surface area contributed by atoms with Crippen LogP contribution in [0, 0.1) is 0 Å². The van der Waals surface area contributed by atoms with Crippen LogP contribution in [0.25, 0.3) is 76.1 Å². The SMILES string of the molecule is c1ccc(-c2cccc(N(c3cc4c5c(cccc5c3)-c3nc(-c5ccccc5)sc3-4)c3cccc4oc5ccccc5c34)c2)cc1. The number of hydrogen-bond donors (Lipinski definition) is 0. The quantitative estimate of drug-likeness (QED) is 0.192. The Morgan fingerprint density at radius 1 is 0.511 bits per heavy atom. The molecule has 2 heterocycles. The Labute approximate surface area is 275 Å². The zero-order chi connectivity index (χ0) is 30.9. The Kier molecular flexibility index (Phi) is 5.74. The summed E-state index contributed by atoms with van der Waals surface area (Å²) in [5, 5.41) is 5.73. The first kappa shape index (κ1) is 26.3. The van der Waals surface area contributed by atoms with Crippen LogP contribution in [0.15, 0.2) is 162 Å². The summed E-state index contributed by atoms with van der Waals surface area (Å²) < 4.78 is 6.39. The average Bonchev–Trinajstić information content (AvgIpc) is 3.82. The number of hydrogen-bond acceptors (Lipinski definition) is 4. The molecule has 0 radical (unpaired) electrons. The number of thiazole rings is 1. The molecule has 0 aliphatic heterocycles. The van der Waals surface area contributed by atoms with Crippen LogP contribution in [-0.4, -0.2) is 4.98 Å². The Hall–Kier alpha value is -5.97. The highest BCUT2D eigenvalue weighted by atomic mass is 32.1. The van der Waals surface area contributed by atoms with Gasteiger partial charge in [-0.25, -0.2) is 4.98 Å². The number of nitrogens with zero attached hydrogens (tertiary/aromatic N) is 2. The van der Waals surface area contributed by atoms with Crippen molar-refractivity contribution in [1.29, 1.82) is 0 Å². The molecule has 0 saturated carbocycles. The maximum atomic E-state index is 6.39. The van der Waals surface area contributed by atoms with Gasteiger partial charge in [-0.1, -0.05) is 115 Å². The minimum Gasteiger partial charge on any atom is -0.456 e. The highest BCUT2D eigenvalue weighted by molar-refractivity contribution is 7.19. The van der Waals surface area contributed by atoms with Gasteiger partial charge >= 0.3 is 0 Å². The van der Waals surface area contributed by atoms with Crippen LogP contribution in [0.3, 0.4) is 0 Å². The van der Waals surface area contributed by atoms with E-state index in [9.17, 15) is 0 Å². The van der Waals surface area contributed by atoms with Crippen LogP contribution >= 0.6 is 11.3 Å². The minimum atomic E-state index is 0.873. The lowest BCUT2D eigenvalue weighted by Gasteiger charge is -2.27. The summed E-state index contributed by atoms with van der Waals surface area (Å²) in [5.74, 6) is 0. The highest BCUT2D eigenvalue weighted by Crippen LogP contribution is 2.54. The number of rotatable bonds is 5. The molecule has 0 bridgehead atoms. The first-order valence-electron chi connectivity index (χ1n) is 15.8. The van der Waals surface area contributed by atoms with Gasteiger partial charge in [0.1, 0.15) is 16.2 Å². The molecular weight excluding hydrogens is 593 g/mol. The predicted molar refractivity (Wildman–Crippen MR) is 197 cm³/mol. The fraction of sp³-hybridized carbons (Fsp3) is 0. The van der Waals surface area contributed by atoms with Crippen LogP contribution in [0.4, 0.5) is 17.1 Å². The summed E-state index contributed by atoms with van der Waals surface area (Å²) in [6.45, 7) is 0. The molecule has 0 saturated heterocycles. The number of anilines is 3. The minimum absolute atomic E-state index is 0.873. The molecule has 4 heteroatoms. The van der Waals surface area contributed by atoms with E-state index in [1.54, 1.807) is 11.3 Å². The zero-order valence-electron chi connectivity index (χ0n) is 25.2. The van der Waals surface area contributed by atoms with Crippen molar-refractivity contribution in [3.63, 3.8) is 0 Å². The standard InChI is InChI=1S/C43H26N2OS/c1-3-12-27(13-4-1)29-16-9-18-31(24-29)45(36-21-11-23-38-40(36)33-19-7-8-22-37(33)46-38)32-25-30-17-10-20-34-39(30)35(26-32)42-41(34)44-43(47-42)28-14-5-2-6-15-28/h1-26H.